The molecule has 0 aromatic heterocycles. The Labute approximate surface area is 194 Å². The average molecular weight is 453 g/mol. The quantitative estimate of drug-likeness (QED) is 0.648. The second kappa shape index (κ2) is 11.3. The number of ether oxygens (including phenoxy) is 2. The molecule has 2 aromatic rings. The summed E-state index contributed by atoms with van der Waals surface area (Å²) in [4.78, 5) is 31.6. The monoisotopic (exact) mass is 452 g/mol. The van der Waals surface area contributed by atoms with E-state index in [0.29, 0.717) is 37.6 Å². The Hall–Kier alpha value is -2.94. The lowest BCUT2D eigenvalue weighted by molar-refractivity contribution is -0.124. The maximum Gasteiger partial charge on any atom is 0.254 e. The van der Waals surface area contributed by atoms with Crippen molar-refractivity contribution in [2.45, 2.75) is 12.6 Å². The number of carbonyl (C=O) groups excluding carboxylic acids is 2. The predicted octanol–water partition coefficient (Wildman–Crippen LogP) is 1.21. The zero-order chi connectivity index (χ0) is 23.0. The highest BCUT2D eigenvalue weighted by Gasteiger charge is 2.34. The molecule has 2 heterocycles. The van der Waals surface area contributed by atoms with Gasteiger partial charge in [-0.15, -0.1) is 0 Å². The number of piperazine rings is 1. The molecule has 0 radical (unpaired) electrons. The van der Waals surface area contributed by atoms with Gasteiger partial charge in [0.1, 0.15) is 18.4 Å². The first-order valence-electron chi connectivity index (χ1n) is 11.5. The van der Waals surface area contributed by atoms with Crippen LogP contribution in [-0.2, 0) is 16.1 Å². The molecular weight excluding hydrogens is 420 g/mol. The number of morpholine rings is 1. The van der Waals surface area contributed by atoms with Crippen LogP contribution in [0.3, 0.4) is 0 Å². The van der Waals surface area contributed by atoms with E-state index in [1.807, 2.05) is 30.3 Å². The van der Waals surface area contributed by atoms with Crippen molar-refractivity contribution in [3.63, 3.8) is 0 Å². The lowest BCUT2D eigenvalue weighted by atomic mass is 10.1. The normalized spacial score (nSPS) is 19.9. The Balaban J connectivity index is 1.36. The fourth-order valence-corrected chi connectivity index (χ4v) is 4.31. The second-order valence-electron chi connectivity index (χ2n) is 8.47. The number of rotatable bonds is 8. The number of nitrogens with two attached hydrogens (primary N) is 1. The van der Waals surface area contributed by atoms with Crippen LogP contribution < -0.4 is 10.5 Å². The van der Waals surface area contributed by atoms with Crippen molar-refractivity contribution >= 4 is 11.8 Å². The molecule has 0 unspecified atom stereocenters. The number of benzene rings is 2. The van der Waals surface area contributed by atoms with E-state index in [0.717, 1.165) is 39.4 Å². The molecule has 8 heteroatoms. The van der Waals surface area contributed by atoms with Crippen LogP contribution >= 0.6 is 0 Å². The van der Waals surface area contributed by atoms with Crippen molar-refractivity contribution in [3.05, 3.63) is 65.7 Å². The second-order valence-corrected chi connectivity index (χ2v) is 8.47. The van der Waals surface area contributed by atoms with Gasteiger partial charge in [-0.3, -0.25) is 19.4 Å². The van der Waals surface area contributed by atoms with Gasteiger partial charge in [0, 0.05) is 51.4 Å². The van der Waals surface area contributed by atoms with Crippen LogP contribution in [0.2, 0.25) is 0 Å². The Morgan fingerprint density at radius 1 is 0.970 bits per heavy atom. The molecule has 2 aromatic carbocycles. The first kappa shape index (κ1) is 23.2. The van der Waals surface area contributed by atoms with Crippen LogP contribution in [-0.4, -0.2) is 91.6 Å². The number of amides is 2. The highest BCUT2D eigenvalue weighted by atomic mass is 16.5. The fraction of sp³-hybridized carbons (Fsp3) is 0.440. The first-order chi connectivity index (χ1) is 16.1. The molecule has 2 fully saturated rings. The molecule has 0 aliphatic carbocycles. The largest absolute Gasteiger partial charge is 0.492 e. The highest BCUT2D eigenvalue weighted by Crippen LogP contribution is 2.20. The summed E-state index contributed by atoms with van der Waals surface area (Å²) in [5, 5.41) is 0. The van der Waals surface area contributed by atoms with Crippen molar-refractivity contribution in [2.75, 3.05) is 59.1 Å². The standard InChI is InChI=1S/C25H32N4O4/c26-24(30)23-19-28(18-20-5-2-1-3-6-20)9-10-29(23)25(31)21-7-4-8-22(17-21)33-16-13-27-11-14-32-15-12-27/h1-8,17,23H,9-16,18-19H2,(H2,26,30)/t23-/m0/s1. The molecule has 2 saturated heterocycles. The number of carbonyl (C=O) groups is 2. The summed E-state index contributed by atoms with van der Waals surface area (Å²) in [6.07, 6.45) is 0. The van der Waals surface area contributed by atoms with Gasteiger partial charge < -0.3 is 20.1 Å². The van der Waals surface area contributed by atoms with Gasteiger partial charge in [0.05, 0.1) is 13.2 Å². The molecular formula is C25H32N4O4. The molecule has 8 nitrogen and oxygen atoms in total. The molecule has 33 heavy (non-hydrogen) atoms. The van der Waals surface area contributed by atoms with Gasteiger partial charge in [0.2, 0.25) is 5.91 Å². The molecule has 0 saturated carbocycles. The third kappa shape index (κ3) is 6.31. The third-order valence-electron chi connectivity index (χ3n) is 6.16. The number of nitrogens with zero attached hydrogens (tertiary/aromatic N) is 3. The summed E-state index contributed by atoms with van der Waals surface area (Å²) < 4.78 is 11.3. The van der Waals surface area contributed by atoms with Gasteiger partial charge in [0.15, 0.2) is 0 Å². The van der Waals surface area contributed by atoms with Crippen molar-refractivity contribution in [3.8, 4) is 5.75 Å². The van der Waals surface area contributed by atoms with Crippen LogP contribution in [0, 0.1) is 0 Å². The van der Waals surface area contributed by atoms with Gasteiger partial charge in [0.25, 0.3) is 5.91 Å². The summed E-state index contributed by atoms with van der Waals surface area (Å²) in [5.41, 5.74) is 7.37. The van der Waals surface area contributed by atoms with E-state index in [1.54, 1.807) is 17.0 Å². The van der Waals surface area contributed by atoms with Crippen LogP contribution in [0.4, 0.5) is 0 Å². The average Bonchev–Trinajstić information content (AvgIpc) is 2.85. The lowest BCUT2D eigenvalue weighted by Gasteiger charge is -2.40. The van der Waals surface area contributed by atoms with E-state index in [9.17, 15) is 9.59 Å². The smallest absolute Gasteiger partial charge is 0.254 e. The molecule has 2 aliphatic rings. The summed E-state index contributed by atoms with van der Waals surface area (Å²) in [5.74, 6) is -0.0386. The molecule has 2 N–H and O–H groups in total. The van der Waals surface area contributed by atoms with E-state index >= 15 is 0 Å². The van der Waals surface area contributed by atoms with Crippen molar-refractivity contribution in [1.29, 1.82) is 0 Å². The third-order valence-corrected chi connectivity index (χ3v) is 6.16. The predicted molar refractivity (Wildman–Crippen MR) is 125 cm³/mol. The molecule has 2 aliphatic heterocycles. The Kier molecular flexibility index (Phi) is 7.93. The van der Waals surface area contributed by atoms with Gasteiger partial charge in [-0.2, -0.15) is 0 Å². The molecule has 0 bridgehead atoms. The van der Waals surface area contributed by atoms with E-state index in [1.165, 1.54) is 5.56 Å². The van der Waals surface area contributed by atoms with Crippen LogP contribution in [0.5, 0.6) is 5.75 Å². The van der Waals surface area contributed by atoms with E-state index in [2.05, 4.69) is 21.9 Å². The maximum atomic E-state index is 13.3. The molecule has 2 amide bonds. The maximum absolute atomic E-state index is 13.3. The zero-order valence-corrected chi connectivity index (χ0v) is 18.9. The molecule has 4 rings (SSSR count). The van der Waals surface area contributed by atoms with Gasteiger partial charge in [-0.25, -0.2) is 0 Å². The first-order valence-corrected chi connectivity index (χ1v) is 11.5. The number of hydrogen-bond acceptors (Lipinski definition) is 6. The van der Waals surface area contributed by atoms with Gasteiger partial charge in [-0.05, 0) is 23.8 Å². The summed E-state index contributed by atoms with van der Waals surface area (Å²) in [6, 6.07) is 16.6. The van der Waals surface area contributed by atoms with E-state index in [4.69, 9.17) is 15.2 Å². The minimum atomic E-state index is -0.666. The summed E-state index contributed by atoms with van der Waals surface area (Å²) in [6.45, 7) is 6.95. The summed E-state index contributed by atoms with van der Waals surface area (Å²) >= 11 is 0. The Bertz CT molecular complexity index is 933. The Morgan fingerprint density at radius 3 is 2.52 bits per heavy atom. The van der Waals surface area contributed by atoms with Crippen LogP contribution in [0.15, 0.2) is 54.6 Å². The van der Waals surface area contributed by atoms with Crippen LogP contribution in [0.1, 0.15) is 15.9 Å². The minimum absolute atomic E-state index is 0.197. The van der Waals surface area contributed by atoms with E-state index in [-0.39, 0.29) is 5.91 Å². The lowest BCUT2D eigenvalue weighted by Crippen LogP contribution is -2.59. The molecule has 0 spiro atoms. The topological polar surface area (TPSA) is 88.3 Å². The number of hydrogen-bond donors (Lipinski definition) is 1. The zero-order valence-electron chi connectivity index (χ0n) is 18.9. The van der Waals surface area contributed by atoms with Crippen molar-refractivity contribution in [1.82, 2.24) is 14.7 Å². The fourth-order valence-electron chi connectivity index (χ4n) is 4.31. The van der Waals surface area contributed by atoms with Crippen LogP contribution in [0.25, 0.3) is 0 Å². The van der Waals surface area contributed by atoms with Gasteiger partial charge in [-0.1, -0.05) is 36.4 Å². The summed E-state index contributed by atoms with van der Waals surface area (Å²) in [7, 11) is 0. The Morgan fingerprint density at radius 2 is 1.76 bits per heavy atom. The van der Waals surface area contributed by atoms with Crippen molar-refractivity contribution in [2.24, 2.45) is 5.73 Å². The number of primary amides is 1. The van der Waals surface area contributed by atoms with Gasteiger partial charge >= 0.3 is 0 Å². The minimum Gasteiger partial charge on any atom is -0.492 e. The highest BCUT2D eigenvalue weighted by molar-refractivity contribution is 5.97. The molecule has 176 valence electrons. The molecule has 1 atom stereocenters. The SMILES string of the molecule is NC(=O)[C@@H]1CN(Cc2ccccc2)CCN1C(=O)c1cccc(OCCN2CCOCC2)c1. The van der Waals surface area contributed by atoms with E-state index < -0.39 is 11.9 Å². The van der Waals surface area contributed by atoms with Crippen molar-refractivity contribution < 1.29 is 19.1 Å².